The molecule has 0 amide bonds. The lowest BCUT2D eigenvalue weighted by Gasteiger charge is -2.25. The van der Waals surface area contributed by atoms with Gasteiger partial charge in [0.25, 0.3) is 0 Å². The number of benzene rings is 2. The number of hydrogen-bond donors (Lipinski definition) is 1. The molecule has 1 unspecified atom stereocenters. The van der Waals surface area contributed by atoms with Crippen LogP contribution in [0.25, 0.3) is 11.1 Å². The summed E-state index contributed by atoms with van der Waals surface area (Å²) in [7, 11) is 1.38. The summed E-state index contributed by atoms with van der Waals surface area (Å²) in [5, 5.41) is 0. The maximum absolute atomic E-state index is 11.5. The second-order valence-corrected chi connectivity index (χ2v) is 5.41. The summed E-state index contributed by atoms with van der Waals surface area (Å²) in [5.41, 5.74) is 9.61. The Balaban J connectivity index is 1.85. The molecule has 0 spiro atoms. The van der Waals surface area contributed by atoms with Gasteiger partial charge in [-0.3, -0.25) is 0 Å². The van der Waals surface area contributed by atoms with Crippen LogP contribution in [-0.2, 0) is 11.2 Å². The Morgan fingerprint density at radius 2 is 1.95 bits per heavy atom. The van der Waals surface area contributed by atoms with E-state index in [1.807, 2.05) is 24.3 Å². The molecule has 4 heteroatoms. The number of aryl methyl sites for hydroxylation is 1. The number of rotatable bonds is 3. The van der Waals surface area contributed by atoms with Gasteiger partial charge in [0.2, 0.25) is 0 Å². The molecule has 0 saturated heterocycles. The van der Waals surface area contributed by atoms with Crippen molar-refractivity contribution in [2.24, 2.45) is 5.73 Å². The highest BCUT2D eigenvalue weighted by atomic mass is 16.5. The summed E-state index contributed by atoms with van der Waals surface area (Å²) in [6.45, 7) is 0.552. The first-order valence-electron chi connectivity index (χ1n) is 7.39. The molecule has 1 atom stereocenters. The largest absolute Gasteiger partial charge is 0.489 e. The fraction of sp³-hybridized carbons (Fsp3) is 0.278. The van der Waals surface area contributed by atoms with E-state index in [0.29, 0.717) is 12.1 Å². The van der Waals surface area contributed by atoms with Gasteiger partial charge in [-0.1, -0.05) is 18.2 Å². The van der Waals surface area contributed by atoms with Crippen LogP contribution in [0, 0.1) is 0 Å². The fourth-order valence-corrected chi connectivity index (χ4v) is 2.71. The molecule has 0 bridgehead atoms. The monoisotopic (exact) mass is 297 g/mol. The Hall–Kier alpha value is -2.33. The van der Waals surface area contributed by atoms with Crippen molar-refractivity contribution >= 4 is 5.97 Å². The molecule has 0 fully saturated rings. The minimum Gasteiger partial charge on any atom is -0.489 e. The molecule has 1 heterocycles. The van der Waals surface area contributed by atoms with Crippen LogP contribution in [0.3, 0.4) is 0 Å². The number of ether oxygens (including phenoxy) is 2. The normalized spacial score (nSPS) is 16.5. The van der Waals surface area contributed by atoms with E-state index in [4.69, 9.17) is 15.2 Å². The van der Waals surface area contributed by atoms with Gasteiger partial charge < -0.3 is 15.2 Å². The van der Waals surface area contributed by atoms with Crippen molar-refractivity contribution in [3.63, 3.8) is 0 Å². The highest BCUT2D eigenvalue weighted by molar-refractivity contribution is 5.90. The van der Waals surface area contributed by atoms with E-state index in [0.717, 1.165) is 29.7 Å². The predicted octanol–water partition coefficient (Wildman–Crippen LogP) is 2.79. The average molecular weight is 297 g/mol. The summed E-state index contributed by atoms with van der Waals surface area (Å²) in [6, 6.07) is 13.6. The second kappa shape index (κ2) is 6.20. The van der Waals surface area contributed by atoms with Gasteiger partial charge in [0.15, 0.2) is 0 Å². The van der Waals surface area contributed by atoms with Gasteiger partial charge >= 0.3 is 5.97 Å². The summed E-state index contributed by atoms with van der Waals surface area (Å²) >= 11 is 0. The zero-order chi connectivity index (χ0) is 15.5. The summed E-state index contributed by atoms with van der Waals surface area (Å²) in [6.07, 6.45) is 2.05. The third-order valence-corrected chi connectivity index (χ3v) is 3.99. The minimum atomic E-state index is -0.321. The Labute approximate surface area is 129 Å². The number of nitrogens with two attached hydrogens (primary N) is 1. The fourth-order valence-electron chi connectivity index (χ4n) is 2.71. The van der Waals surface area contributed by atoms with Gasteiger partial charge in [0, 0.05) is 6.54 Å². The quantitative estimate of drug-likeness (QED) is 0.885. The second-order valence-electron chi connectivity index (χ2n) is 5.41. The summed E-state index contributed by atoms with van der Waals surface area (Å²) < 4.78 is 10.6. The molecule has 3 rings (SSSR count). The van der Waals surface area contributed by atoms with Crippen LogP contribution in [0.1, 0.15) is 22.3 Å². The summed E-state index contributed by atoms with van der Waals surface area (Å²) in [5.74, 6) is 0.606. The third kappa shape index (κ3) is 2.83. The van der Waals surface area contributed by atoms with Crippen molar-refractivity contribution in [3.05, 3.63) is 53.6 Å². The smallest absolute Gasteiger partial charge is 0.337 e. The zero-order valence-corrected chi connectivity index (χ0v) is 12.5. The molecule has 0 aromatic heterocycles. The highest BCUT2D eigenvalue weighted by Crippen LogP contribution is 2.32. The number of methoxy groups -OCH3 is 1. The van der Waals surface area contributed by atoms with Crippen molar-refractivity contribution in [2.45, 2.75) is 18.9 Å². The van der Waals surface area contributed by atoms with Crippen LogP contribution in [0.5, 0.6) is 5.75 Å². The number of esters is 1. The molecule has 114 valence electrons. The Bertz CT molecular complexity index is 679. The number of fused-ring (bicyclic) bond motifs is 1. The molecule has 2 aromatic rings. The SMILES string of the molecule is COC(=O)c1ccc(-c2ccc3c(c2)CCC(CN)O3)cc1. The lowest BCUT2D eigenvalue weighted by Crippen LogP contribution is -2.30. The Morgan fingerprint density at radius 3 is 2.64 bits per heavy atom. The van der Waals surface area contributed by atoms with E-state index < -0.39 is 0 Å². The average Bonchev–Trinajstić information content (AvgIpc) is 2.60. The molecule has 0 saturated carbocycles. The maximum Gasteiger partial charge on any atom is 0.337 e. The first-order valence-corrected chi connectivity index (χ1v) is 7.39. The Kier molecular flexibility index (Phi) is 4.11. The van der Waals surface area contributed by atoms with Gasteiger partial charge in [-0.15, -0.1) is 0 Å². The van der Waals surface area contributed by atoms with E-state index in [1.165, 1.54) is 12.7 Å². The molecule has 4 nitrogen and oxygen atoms in total. The van der Waals surface area contributed by atoms with Crippen molar-refractivity contribution in [1.82, 2.24) is 0 Å². The van der Waals surface area contributed by atoms with Crippen molar-refractivity contribution < 1.29 is 14.3 Å². The predicted molar refractivity (Wildman–Crippen MR) is 85.0 cm³/mol. The number of hydrogen-bond acceptors (Lipinski definition) is 4. The molecule has 0 aliphatic carbocycles. The van der Waals surface area contributed by atoms with E-state index in [1.54, 1.807) is 12.1 Å². The molecule has 22 heavy (non-hydrogen) atoms. The standard InChI is InChI=1S/C18H19NO3/c1-21-18(20)13-4-2-12(3-5-13)14-7-9-17-15(10-14)6-8-16(11-19)22-17/h2-5,7,9-10,16H,6,8,11,19H2,1H3. The van der Waals surface area contributed by atoms with E-state index in [9.17, 15) is 4.79 Å². The van der Waals surface area contributed by atoms with Crippen LogP contribution < -0.4 is 10.5 Å². The lowest BCUT2D eigenvalue weighted by molar-refractivity contribution is 0.0601. The van der Waals surface area contributed by atoms with Crippen LogP contribution in [0.2, 0.25) is 0 Å². The van der Waals surface area contributed by atoms with Crippen LogP contribution >= 0.6 is 0 Å². The number of carbonyl (C=O) groups is 1. The van der Waals surface area contributed by atoms with Crippen LogP contribution in [-0.4, -0.2) is 25.7 Å². The first-order chi connectivity index (χ1) is 10.7. The Morgan fingerprint density at radius 1 is 1.23 bits per heavy atom. The van der Waals surface area contributed by atoms with Crippen LogP contribution in [0.4, 0.5) is 0 Å². The van der Waals surface area contributed by atoms with Gasteiger partial charge in [0.1, 0.15) is 11.9 Å². The topological polar surface area (TPSA) is 61.5 Å². The molecule has 2 aromatic carbocycles. The van der Waals surface area contributed by atoms with E-state index in [-0.39, 0.29) is 12.1 Å². The molecular weight excluding hydrogens is 278 g/mol. The minimum absolute atomic E-state index is 0.123. The highest BCUT2D eigenvalue weighted by Gasteiger charge is 2.18. The lowest BCUT2D eigenvalue weighted by atomic mass is 9.96. The van der Waals surface area contributed by atoms with E-state index in [2.05, 4.69) is 6.07 Å². The first kappa shape index (κ1) is 14.6. The van der Waals surface area contributed by atoms with Gasteiger partial charge in [-0.2, -0.15) is 0 Å². The molecule has 0 radical (unpaired) electrons. The van der Waals surface area contributed by atoms with Crippen molar-refractivity contribution in [3.8, 4) is 16.9 Å². The summed E-state index contributed by atoms with van der Waals surface area (Å²) in [4.78, 5) is 11.5. The third-order valence-electron chi connectivity index (χ3n) is 3.99. The molecule has 2 N–H and O–H groups in total. The zero-order valence-electron chi connectivity index (χ0n) is 12.5. The molecule has 1 aliphatic heterocycles. The van der Waals surface area contributed by atoms with Crippen LogP contribution in [0.15, 0.2) is 42.5 Å². The van der Waals surface area contributed by atoms with Crippen molar-refractivity contribution in [1.29, 1.82) is 0 Å². The molecular formula is C18H19NO3. The van der Waals surface area contributed by atoms with Crippen molar-refractivity contribution in [2.75, 3.05) is 13.7 Å². The van der Waals surface area contributed by atoms with Gasteiger partial charge in [-0.05, 0) is 53.8 Å². The van der Waals surface area contributed by atoms with E-state index >= 15 is 0 Å². The maximum atomic E-state index is 11.5. The molecule has 1 aliphatic rings. The van der Waals surface area contributed by atoms with Gasteiger partial charge in [-0.25, -0.2) is 4.79 Å². The van der Waals surface area contributed by atoms with Gasteiger partial charge in [0.05, 0.1) is 12.7 Å². The number of carbonyl (C=O) groups excluding carboxylic acids is 1.